The molecule has 0 radical (unpaired) electrons. The molecule has 198 valence electrons. The Kier molecular flexibility index (Phi) is 9.90. The Bertz CT molecular complexity index is 988. The molecule has 0 aromatic carbocycles. The number of hydrogen-bond donors (Lipinski definition) is 2. The van der Waals surface area contributed by atoms with Crippen LogP contribution >= 0.6 is 0 Å². The molecule has 13 heteroatoms. The van der Waals surface area contributed by atoms with E-state index in [1.807, 2.05) is 25.1 Å². The summed E-state index contributed by atoms with van der Waals surface area (Å²) in [7, 11) is -3.14. The molecule has 1 aromatic heterocycles. The van der Waals surface area contributed by atoms with E-state index >= 15 is 0 Å². The number of hydrogen-bond acceptors (Lipinski definition) is 6. The van der Waals surface area contributed by atoms with Gasteiger partial charge in [0.2, 0.25) is 0 Å². The molecular formula is C22H33F3N4O5S. The maximum absolute atomic E-state index is 12.8. The normalized spacial score (nSPS) is 22.4. The summed E-state index contributed by atoms with van der Waals surface area (Å²) >= 11 is 0. The number of carbonyl (C=O) groups excluding carboxylic acids is 1. The van der Waals surface area contributed by atoms with Gasteiger partial charge >= 0.3 is 18.2 Å². The van der Waals surface area contributed by atoms with E-state index in [1.165, 1.54) is 0 Å². The molecule has 35 heavy (non-hydrogen) atoms. The van der Waals surface area contributed by atoms with Crippen LogP contribution in [0.15, 0.2) is 18.2 Å². The van der Waals surface area contributed by atoms with Crippen LogP contribution in [-0.4, -0.2) is 89.7 Å². The minimum absolute atomic E-state index is 0.0658. The summed E-state index contributed by atoms with van der Waals surface area (Å²) in [6, 6.07) is 5.80. The molecule has 2 aliphatic rings. The lowest BCUT2D eigenvalue weighted by Gasteiger charge is -2.39. The van der Waals surface area contributed by atoms with Crippen LogP contribution in [0, 0.1) is 12.8 Å². The molecule has 2 N–H and O–H groups in total. The van der Waals surface area contributed by atoms with Crippen LogP contribution in [0.1, 0.15) is 38.1 Å². The molecule has 2 fully saturated rings. The first kappa shape index (κ1) is 28.8. The van der Waals surface area contributed by atoms with E-state index in [1.54, 1.807) is 4.90 Å². The number of amides is 2. The lowest BCUT2D eigenvalue weighted by Crippen LogP contribution is -2.54. The molecule has 0 saturated carbocycles. The summed E-state index contributed by atoms with van der Waals surface area (Å²) in [4.78, 5) is 30.0. The highest BCUT2D eigenvalue weighted by molar-refractivity contribution is 7.92. The zero-order valence-corrected chi connectivity index (χ0v) is 20.9. The third-order valence-electron chi connectivity index (χ3n) is 5.90. The number of nitrogens with one attached hydrogen (secondary N) is 1. The van der Waals surface area contributed by atoms with Gasteiger partial charge in [0, 0.05) is 44.5 Å². The van der Waals surface area contributed by atoms with E-state index in [2.05, 4.69) is 29.0 Å². The predicted molar refractivity (Wildman–Crippen MR) is 123 cm³/mol. The first-order valence-corrected chi connectivity index (χ1v) is 13.1. The lowest BCUT2D eigenvalue weighted by molar-refractivity contribution is -0.192. The molecule has 3 heterocycles. The van der Waals surface area contributed by atoms with Crippen molar-refractivity contribution in [2.75, 3.05) is 31.9 Å². The molecule has 9 nitrogen and oxygen atoms in total. The predicted octanol–water partition coefficient (Wildman–Crippen LogP) is 2.45. The fraction of sp³-hybridized carbons (Fsp3) is 0.682. The fourth-order valence-corrected chi connectivity index (χ4v) is 6.20. The molecule has 0 spiro atoms. The van der Waals surface area contributed by atoms with Crippen LogP contribution in [0.2, 0.25) is 0 Å². The monoisotopic (exact) mass is 522 g/mol. The number of rotatable bonds is 4. The van der Waals surface area contributed by atoms with Gasteiger partial charge in [-0.15, -0.1) is 0 Å². The lowest BCUT2D eigenvalue weighted by atomic mass is 10.1. The molecular weight excluding hydrogens is 489 g/mol. The maximum atomic E-state index is 12.8. The van der Waals surface area contributed by atoms with Gasteiger partial charge in [0.15, 0.2) is 9.84 Å². The van der Waals surface area contributed by atoms with E-state index in [4.69, 9.17) is 9.90 Å². The van der Waals surface area contributed by atoms with Gasteiger partial charge in [-0.3, -0.25) is 9.88 Å². The molecule has 0 bridgehead atoms. The van der Waals surface area contributed by atoms with Crippen LogP contribution in [-0.2, 0) is 21.2 Å². The number of aromatic nitrogens is 1. The Morgan fingerprint density at radius 3 is 2.40 bits per heavy atom. The van der Waals surface area contributed by atoms with Crippen LogP contribution < -0.4 is 5.32 Å². The highest BCUT2D eigenvalue weighted by Crippen LogP contribution is 2.29. The van der Waals surface area contributed by atoms with Crippen LogP contribution in [0.4, 0.5) is 18.0 Å². The number of aliphatic carboxylic acids is 1. The summed E-state index contributed by atoms with van der Waals surface area (Å²) in [6.07, 6.45) is -3.91. The average molecular weight is 523 g/mol. The van der Waals surface area contributed by atoms with E-state index in [-0.39, 0.29) is 17.8 Å². The third kappa shape index (κ3) is 8.64. The van der Waals surface area contributed by atoms with Crippen LogP contribution in [0.25, 0.3) is 0 Å². The molecule has 1 aromatic rings. The van der Waals surface area contributed by atoms with Crippen molar-refractivity contribution in [3.63, 3.8) is 0 Å². The summed E-state index contributed by atoms with van der Waals surface area (Å²) in [5.74, 6) is -2.19. The number of carbonyl (C=O) groups is 2. The molecule has 2 aliphatic heterocycles. The highest BCUT2D eigenvalue weighted by Gasteiger charge is 2.43. The fourth-order valence-electron chi connectivity index (χ4n) is 4.16. The van der Waals surface area contributed by atoms with Crippen molar-refractivity contribution in [2.24, 2.45) is 5.92 Å². The number of alkyl halides is 3. The molecule has 2 saturated heterocycles. The van der Waals surface area contributed by atoms with Crippen molar-refractivity contribution in [2.45, 2.75) is 57.6 Å². The van der Waals surface area contributed by atoms with Crippen molar-refractivity contribution in [1.29, 1.82) is 0 Å². The zero-order chi connectivity index (χ0) is 26.4. The summed E-state index contributed by atoms with van der Waals surface area (Å²) < 4.78 is 57.2. The first-order valence-electron chi connectivity index (χ1n) is 11.4. The highest BCUT2D eigenvalue weighted by atomic mass is 32.2. The Hall–Kier alpha value is -2.41. The molecule has 3 rings (SSSR count). The third-order valence-corrected chi connectivity index (χ3v) is 8.13. The number of nitrogens with zero attached hydrogens (tertiary/aromatic N) is 3. The molecule has 0 unspecified atom stereocenters. The van der Waals surface area contributed by atoms with Gasteiger partial charge in [-0.05, 0) is 37.8 Å². The number of carboxylic acid groups (broad SMARTS) is 1. The summed E-state index contributed by atoms with van der Waals surface area (Å²) in [5.41, 5.74) is 1.93. The van der Waals surface area contributed by atoms with Crippen molar-refractivity contribution >= 4 is 21.8 Å². The van der Waals surface area contributed by atoms with Gasteiger partial charge in [0.1, 0.15) is 0 Å². The number of pyridine rings is 1. The first-order chi connectivity index (χ1) is 16.2. The second kappa shape index (κ2) is 12.0. The van der Waals surface area contributed by atoms with E-state index in [0.717, 1.165) is 11.4 Å². The standard InChI is InChI=1S/C20H32N4O3S.C2HF3O2/c1-15(2)13-21-20(25)23-9-7-18-19(8-10-23)28(26,27)12-11-24(18)14-17-6-4-5-16(3)22-17;3-2(4,5)1(6)7/h4-6,15,18-19H,7-14H2,1-3H3,(H,21,25);(H,6,7)/t18-,19+;/m0./s1. The van der Waals surface area contributed by atoms with Crippen LogP contribution in [0.5, 0.6) is 0 Å². The SMILES string of the molecule is Cc1cccc(CN2CCS(=O)(=O)[C@@H]3CCN(C(=O)NCC(C)C)CC[C@@H]32)n1.O=C(O)C(F)(F)F. The van der Waals surface area contributed by atoms with Gasteiger partial charge in [-0.25, -0.2) is 18.0 Å². The van der Waals surface area contributed by atoms with E-state index in [0.29, 0.717) is 51.5 Å². The Balaban J connectivity index is 0.000000540. The van der Waals surface area contributed by atoms with Crippen molar-refractivity contribution in [3.05, 3.63) is 29.6 Å². The minimum atomic E-state index is -5.08. The van der Waals surface area contributed by atoms with Crippen molar-refractivity contribution in [1.82, 2.24) is 20.1 Å². The average Bonchev–Trinajstić information content (AvgIpc) is 2.98. The molecule has 2 atom stereocenters. The zero-order valence-electron chi connectivity index (χ0n) is 20.1. The quantitative estimate of drug-likeness (QED) is 0.623. The van der Waals surface area contributed by atoms with Crippen LogP contribution in [0.3, 0.4) is 0 Å². The van der Waals surface area contributed by atoms with Gasteiger partial charge < -0.3 is 15.3 Å². The van der Waals surface area contributed by atoms with E-state index in [9.17, 15) is 26.4 Å². The molecule has 0 aliphatic carbocycles. The smallest absolute Gasteiger partial charge is 0.475 e. The maximum Gasteiger partial charge on any atom is 0.490 e. The number of aryl methyl sites for hydroxylation is 1. The second-order valence-corrected chi connectivity index (χ2v) is 11.5. The second-order valence-electron chi connectivity index (χ2n) is 9.16. The number of urea groups is 1. The van der Waals surface area contributed by atoms with Gasteiger partial charge in [-0.2, -0.15) is 13.2 Å². The number of halogens is 3. The number of sulfone groups is 1. The van der Waals surface area contributed by atoms with Gasteiger partial charge in [0.05, 0.1) is 16.7 Å². The Labute approximate surface area is 203 Å². The summed E-state index contributed by atoms with van der Waals surface area (Å²) in [5, 5.41) is 9.67. The number of fused-ring (bicyclic) bond motifs is 1. The van der Waals surface area contributed by atoms with Crippen molar-refractivity contribution < 1.29 is 36.3 Å². The van der Waals surface area contributed by atoms with Gasteiger partial charge in [0.25, 0.3) is 0 Å². The summed E-state index contributed by atoms with van der Waals surface area (Å²) in [6.45, 7) is 8.95. The largest absolute Gasteiger partial charge is 0.490 e. The Morgan fingerprint density at radius 2 is 1.83 bits per heavy atom. The Morgan fingerprint density at radius 1 is 1.20 bits per heavy atom. The topological polar surface area (TPSA) is 120 Å². The van der Waals surface area contributed by atoms with Gasteiger partial charge in [-0.1, -0.05) is 19.9 Å². The molecule has 2 amide bonds. The van der Waals surface area contributed by atoms with E-state index < -0.39 is 27.2 Å². The minimum Gasteiger partial charge on any atom is -0.475 e. The number of likely N-dealkylation sites (tertiary alicyclic amines) is 1. The number of carboxylic acids is 1. The van der Waals surface area contributed by atoms with Crippen molar-refractivity contribution in [3.8, 4) is 0 Å².